The summed E-state index contributed by atoms with van der Waals surface area (Å²) in [5.74, 6) is -0.966. The number of hydrogen-bond donors (Lipinski definition) is 2. The third-order valence-corrected chi connectivity index (χ3v) is 4.93. The molecule has 23 heavy (non-hydrogen) atoms. The van der Waals surface area contributed by atoms with E-state index in [4.69, 9.17) is 10.3 Å². The average molecular weight is 340 g/mol. The molecule has 1 saturated carbocycles. The van der Waals surface area contributed by atoms with Gasteiger partial charge in [0.2, 0.25) is 5.91 Å². The number of nitro benzene ring substituents is 1. The molecule has 1 amide bonds. The molecule has 0 aromatic heterocycles. The highest BCUT2D eigenvalue weighted by atomic mass is 32.2. The van der Waals surface area contributed by atoms with Crippen LogP contribution in [0.3, 0.4) is 0 Å². The molecule has 0 heterocycles. The summed E-state index contributed by atoms with van der Waals surface area (Å²) in [6.07, 6.45) is 4.97. The van der Waals surface area contributed by atoms with E-state index in [2.05, 4.69) is 0 Å². The topological polar surface area (TPSA) is 124 Å². The number of rotatable bonds is 7. The van der Waals surface area contributed by atoms with Crippen molar-refractivity contribution in [2.75, 3.05) is 0 Å². The molecule has 0 radical (unpaired) electrons. The molecule has 8 heteroatoms. The van der Waals surface area contributed by atoms with Crippen LogP contribution in [0, 0.1) is 16.0 Å². The van der Waals surface area contributed by atoms with E-state index in [0.717, 1.165) is 25.7 Å². The Morgan fingerprint density at radius 2 is 2.09 bits per heavy atom. The van der Waals surface area contributed by atoms with Gasteiger partial charge < -0.3 is 10.3 Å². The van der Waals surface area contributed by atoms with Crippen LogP contribution in [0.5, 0.6) is 0 Å². The monoisotopic (exact) mass is 340 g/mol. The van der Waals surface area contributed by atoms with Crippen LogP contribution in [0.15, 0.2) is 18.2 Å². The van der Waals surface area contributed by atoms with Gasteiger partial charge in [0.25, 0.3) is 5.69 Å². The van der Waals surface area contributed by atoms with Crippen LogP contribution in [0.25, 0.3) is 0 Å². The van der Waals surface area contributed by atoms with Crippen LogP contribution in [0.4, 0.5) is 5.69 Å². The number of benzene rings is 1. The summed E-state index contributed by atoms with van der Waals surface area (Å²) in [4.78, 5) is 22.4. The summed E-state index contributed by atoms with van der Waals surface area (Å²) >= 11 is -2.17. The highest BCUT2D eigenvalue weighted by Gasteiger charge is 2.27. The number of carbonyl (C=O) groups is 1. The van der Waals surface area contributed by atoms with Crippen molar-refractivity contribution in [3.63, 3.8) is 0 Å². The minimum absolute atomic E-state index is 0.170. The SMILES string of the molecule is NC(=O)C(CC1CCCC1)c1ccc(CS(=O)O)c([N+](=O)[O-])c1. The normalized spacial score (nSPS) is 17.8. The zero-order valence-corrected chi connectivity index (χ0v) is 13.5. The van der Waals surface area contributed by atoms with Gasteiger partial charge in [0.05, 0.1) is 16.6 Å². The standard InChI is InChI=1S/C15H20N2O5S/c16-15(18)13(7-10-3-1-2-4-10)11-5-6-12(9-23(21)22)14(8-11)17(19)20/h5-6,8,10,13H,1-4,7,9H2,(H2,16,18)(H,21,22). The van der Waals surface area contributed by atoms with Crippen LogP contribution in [0.2, 0.25) is 0 Å². The second-order valence-corrected chi connectivity index (χ2v) is 6.88. The van der Waals surface area contributed by atoms with Crippen molar-refractivity contribution in [1.29, 1.82) is 0 Å². The molecule has 1 aromatic carbocycles. The minimum Gasteiger partial charge on any atom is -0.369 e. The van der Waals surface area contributed by atoms with E-state index in [-0.39, 0.29) is 17.0 Å². The summed E-state index contributed by atoms with van der Waals surface area (Å²) in [6.45, 7) is 0. The Bertz CT molecular complexity index is 628. The van der Waals surface area contributed by atoms with E-state index in [1.807, 2.05) is 0 Å². The number of nitrogens with two attached hydrogens (primary N) is 1. The molecule has 1 fully saturated rings. The Morgan fingerprint density at radius 3 is 2.61 bits per heavy atom. The van der Waals surface area contributed by atoms with E-state index in [1.54, 1.807) is 6.07 Å². The molecule has 2 atom stereocenters. The van der Waals surface area contributed by atoms with E-state index < -0.39 is 27.8 Å². The summed E-state index contributed by atoms with van der Waals surface area (Å²) in [6, 6.07) is 4.35. The van der Waals surface area contributed by atoms with Crippen molar-refractivity contribution >= 4 is 22.7 Å². The molecule has 1 aliphatic rings. The first-order valence-electron chi connectivity index (χ1n) is 7.52. The lowest BCUT2D eigenvalue weighted by molar-refractivity contribution is -0.385. The fourth-order valence-electron chi connectivity index (χ4n) is 3.22. The maximum absolute atomic E-state index is 11.8. The van der Waals surface area contributed by atoms with Gasteiger partial charge in [-0.3, -0.25) is 14.9 Å². The number of amides is 1. The van der Waals surface area contributed by atoms with Gasteiger partial charge in [0.1, 0.15) is 0 Å². The zero-order valence-electron chi connectivity index (χ0n) is 12.6. The summed E-state index contributed by atoms with van der Waals surface area (Å²) in [5.41, 5.74) is 5.92. The Kier molecular flexibility index (Phi) is 5.84. The van der Waals surface area contributed by atoms with Crippen LogP contribution in [-0.4, -0.2) is 19.6 Å². The lowest BCUT2D eigenvalue weighted by Gasteiger charge is -2.18. The van der Waals surface area contributed by atoms with Gasteiger partial charge in [-0.05, 0) is 17.9 Å². The molecule has 0 aliphatic heterocycles. The molecule has 1 aliphatic carbocycles. The maximum Gasteiger partial charge on any atom is 0.273 e. The van der Waals surface area contributed by atoms with Gasteiger partial charge in [-0.15, -0.1) is 0 Å². The van der Waals surface area contributed by atoms with Gasteiger partial charge in [0, 0.05) is 11.6 Å². The lowest BCUT2D eigenvalue weighted by Crippen LogP contribution is -2.23. The van der Waals surface area contributed by atoms with Crippen molar-refractivity contribution in [2.24, 2.45) is 11.7 Å². The van der Waals surface area contributed by atoms with E-state index in [0.29, 0.717) is 17.9 Å². The summed E-state index contributed by atoms with van der Waals surface area (Å²) in [7, 11) is 0. The largest absolute Gasteiger partial charge is 0.369 e. The third kappa shape index (κ3) is 4.59. The first-order chi connectivity index (χ1) is 10.9. The molecule has 2 unspecified atom stereocenters. The Morgan fingerprint density at radius 1 is 1.43 bits per heavy atom. The molecule has 1 aromatic rings. The van der Waals surface area contributed by atoms with Crippen LogP contribution in [0.1, 0.15) is 49.1 Å². The van der Waals surface area contributed by atoms with Crippen LogP contribution < -0.4 is 5.73 Å². The van der Waals surface area contributed by atoms with Crippen molar-refractivity contribution in [3.8, 4) is 0 Å². The highest BCUT2D eigenvalue weighted by molar-refractivity contribution is 7.78. The fraction of sp³-hybridized carbons (Fsp3) is 0.533. The minimum atomic E-state index is -2.17. The van der Waals surface area contributed by atoms with E-state index in [1.165, 1.54) is 12.1 Å². The smallest absolute Gasteiger partial charge is 0.273 e. The maximum atomic E-state index is 11.8. The molecular formula is C15H20N2O5S. The first-order valence-corrected chi connectivity index (χ1v) is 8.80. The average Bonchev–Trinajstić information content (AvgIpc) is 2.97. The quantitative estimate of drug-likeness (QED) is 0.448. The van der Waals surface area contributed by atoms with Crippen LogP contribution in [-0.2, 0) is 21.6 Å². The van der Waals surface area contributed by atoms with Crippen molar-refractivity contribution < 1.29 is 18.5 Å². The molecule has 0 saturated heterocycles. The van der Waals surface area contributed by atoms with Gasteiger partial charge in [-0.25, -0.2) is 4.21 Å². The Hall–Kier alpha value is -1.80. The molecule has 126 valence electrons. The van der Waals surface area contributed by atoms with Crippen molar-refractivity contribution in [1.82, 2.24) is 0 Å². The summed E-state index contributed by atoms with van der Waals surface area (Å²) < 4.78 is 19.9. The number of hydrogen-bond acceptors (Lipinski definition) is 4. The predicted octanol–water partition coefficient (Wildman–Crippen LogP) is 2.47. The molecule has 7 nitrogen and oxygen atoms in total. The van der Waals surface area contributed by atoms with Crippen LogP contribution >= 0.6 is 0 Å². The molecule has 2 rings (SSSR count). The number of carbonyl (C=O) groups excluding carboxylic acids is 1. The summed E-state index contributed by atoms with van der Waals surface area (Å²) in [5, 5.41) is 11.2. The molecule has 0 bridgehead atoms. The third-order valence-electron chi connectivity index (χ3n) is 4.37. The molecule has 0 spiro atoms. The Balaban J connectivity index is 2.31. The first kappa shape index (κ1) is 17.6. The number of primary amides is 1. The van der Waals surface area contributed by atoms with Gasteiger partial charge in [-0.2, -0.15) is 0 Å². The zero-order chi connectivity index (χ0) is 17.0. The fourth-order valence-corrected chi connectivity index (χ4v) is 3.73. The lowest BCUT2D eigenvalue weighted by atomic mass is 9.87. The highest BCUT2D eigenvalue weighted by Crippen LogP contribution is 2.35. The van der Waals surface area contributed by atoms with Gasteiger partial charge in [0.15, 0.2) is 11.1 Å². The number of nitro groups is 1. The van der Waals surface area contributed by atoms with E-state index in [9.17, 15) is 19.1 Å². The van der Waals surface area contributed by atoms with E-state index >= 15 is 0 Å². The Labute approximate surface area is 136 Å². The van der Waals surface area contributed by atoms with Gasteiger partial charge >= 0.3 is 0 Å². The number of nitrogens with zero attached hydrogens (tertiary/aromatic N) is 1. The second-order valence-electron chi connectivity index (χ2n) is 5.95. The molecule has 3 N–H and O–H groups in total. The predicted molar refractivity (Wildman–Crippen MR) is 86.1 cm³/mol. The molecular weight excluding hydrogens is 320 g/mol. The second kappa shape index (κ2) is 7.65. The van der Waals surface area contributed by atoms with Crippen molar-refractivity contribution in [3.05, 3.63) is 39.4 Å². The van der Waals surface area contributed by atoms with Crippen molar-refractivity contribution in [2.45, 2.75) is 43.8 Å². The van der Waals surface area contributed by atoms with Gasteiger partial charge in [-0.1, -0.05) is 37.8 Å².